The van der Waals surface area contributed by atoms with Crippen molar-refractivity contribution < 1.29 is 24.2 Å². The van der Waals surface area contributed by atoms with Crippen LogP contribution in [-0.2, 0) is 9.59 Å². The summed E-state index contributed by atoms with van der Waals surface area (Å²) in [6.07, 6.45) is 4.48. The van der Waals surface area contributed by atoms with Crippen LogP contribution in [0.25, 0.3) is 6.08 Å². The van der Waals surface area contributed by atoms with Crippen molar-refractivity contribution in [1.82, 2.24) is 5.32 Å². The summed E-state index contributed by atoms with van der Waals surface area (Å²) in [5.74, 6) is -0.763. The lowest BCUT2D eigenvalue weighted by Gasteiger charge is -2.20. The van der Waals surface area contributed by atoms with Crippen molar-refractivity contribution in [1.29, 1.82) is 0 Å². The summed E-state index contributed by atoms with van der Waals surface area (Å²) in [7, 11) is 1.52. The number of hydrogen-bond acceptors (Lipinski definition) is 4. The molecule has 0 aliphatic carbocycles. The lowest BCUT2D eigenvalue weighted by atomic mass is 9.99. The fraction of sp³-hybridized carbons (Fsp3) is 0.444. The maximum Gasteiger partial charge on any atom is 0.326 e. The zero-order valence-electron chi connectivity index (χ0n) is 14.5. The molecule has 0 fully saturated rings. The second-order valence-electron chi connectivity index (χ2n) is 5.47. The Balaban J connectivity index is 2.71. The number of methoxy groups -OCH3 is 1. The molecule has 1 rings (SSSR count). The van der Waals surface area contributed by atoms with Crippen LogP contribution in [0.5, 0.6) is 11.5 Å². The highest BCUT2D eigenvalue weighted by Gasteiger charge is 2.25. The number of aliphatic carboxylic acids is 1. The Labute approximate surface area is 142 Å². The number of carboxylic acid groups (broad SMARTS) is 1. The summed E-state index contributed by atoms with van der Waals surface area (Å²) in [5.41, 5.74) is 0.953. The monoisotopic (exact) mass is 335 g/mol. The first-order chi connectivity index (χ1) is 11.4. The number of ether oxygens (including phenoxy) is 2. The standard InChI is InChI=1S/C18H25NO5/c1-5-7-13-8-9-14(15(10-13)23-4)24-11-16(20)19-17(18(21)22)12(3)6-2/h5,7-10,12,17H,6,11H2,1-4H3,(H,19,20)(H,21,22)/b7-5+/t12-,17-/m0/s1. The smallest absolute Gasteiger partial charge is 0.326 e. The summed E-state index contributed by atoms with van der Waals surface area (Å²) >= 11 is 0. The molecule has 1 aromatic rings. The van der Waals surface area contributed by atoms with E-state index in [-0.39, 0.29) is 12.5 Å². The third-order valence-corrected chi connectivity index (χ3v) is 3.70. The second kappa shape index (κ2) is 9.60. The molecule has 0 saturated heterocycles. The molecule has 0 radical (unpaired) electrons. The highest BCUT2D eigenvalue weighted by Crippen LogP contribution is 2.28. The number of carbonyl (C=O) groups is 2. The van der Waals surface area contributed by atoms with Gasteiger partial charge in [-0.2, -0.15) is 0 Å². The number of carboxylic acids is 1. The van der Waals surface area contributed by atoms with Crippen LogP contribution in [0, 0.1) is 5.92 Å². The van der Waals surface area contributed by atoms with E-state index < -0.39 is 17.9 Å². The van der Waals surface area contributed by atoms with Crippen molar-refractivity contribution in [3.8, 4) is 11.5 Å². The summed E-state index contributed by atoms with van der Waals surface area (Å²) < 4.78 is 10.7. The molecule has 0 aromatic heterocycles. The lowest BCUT2D eigenvalue weighted by Crippen LogP contribution is -2.46. The van der Waals surface area contributed by atoms with Gasteiger partial charge in [0.1, 0.15) is 6.04 Å². The predicted molar refractivity (Wildman–Crippen MR) is 92.2 cm³/mol. The quantitative estimate of drug-likeness (QED) is 0.725. The van der Waals surface area contributed by atoms with Gasteiger partial charge >= 0.3 is 5.97 Å². The van der Waals surface area contributed by atoms with E-state index in [1.807, 2.05) is 32.1 Å². The van der Waals surface area contributed by atoms with Crippen molar-refractivity contribution in [2.75, 3.05) is 13.7 Å². The van der Waals surface area contributed by atoms with Gasteiger partial charge in [-0.3, -0.25) is 4.79 Å². The van der Waals surface area contributed by atoms with E-state index in [1.54, 1.807) is 19.1 Å². The molecular weight excluding hydrogens is 310 g/mol. The fourth-order valence-corrected chi connectivity index (χ4v) is 2.14. The van der Waals surface area contributed by atoms with Gasteiger partial charge in [0.05, 0.1) is 7.11 Å². The minimum Gasteiger partial charge on any atom is -0.493 e. The Kier molecular flexibility index (Phi) is 7.82. The Morgan fingerprint density at radius 2 is 2.04 bits per heavy atom. The molecular formula is C18H25NO5. The summed E-state index contributed by atoms with van der Waals surface area (Å²) in [6.45, 7) is 5.29. The molecule has 0 saturated carbocycles. The number of hydrogen-bond donors (Lipinski definition) is 2. The Morgan fingerprint density at radius 1 is 1.33 bits per heavy atom. The van der Waals surface area contributed by atoms with Crippen molar-refractivity contribution in [2.24, 2.45) is 5.92 Å². The maximum atomic E-state index is 12.0. The van der Waals surface area contributed by atoms with Crippen LogP contribution in [0.2, 0.25) is 0 Å². The first-order valence-corrected chi connectivity index (χ1v) is 7.88. The number of allylic oxidation sites excluding steroid dienone is 1. The van der Waals surface area contributed by atoms with E-state index >= 15 is 0 Å². The molecule has 6 nitrogen and oxygen atoms in total. The van der Waals surface area contributed by atoms with Crippen molar-refractivity contribution >= 4 is 18.0 Å². The van der Waals surface area contributed by atoms with Gasteiger partial charge in [0.25, 0.3) is 5.91 Å². The Bertz CT molecular complexity index is 597. The van der Waals surface area contributed by atoms with Crippen LogP contribution in [0.4, 0.5) is 0 Å². The van der Waals surface area contributed by atoms with Gasteiger partial charge < -0.3 is 19.9 Å². The third kappa shape index (κ3) is 5.61. The molecule has 0 aliphatic rings. The minimum absolute atomic E-state index is 0.166. The van der Waals surface area contributed by atoms with Gasteiger partial charge in [-0.25, -0.2) is 4.79 Å². The lowest BCUT2D eigenvalue weighted by molar-refractivity contribution is -0.143. The Hall–Kier alpha value is -2.50. The first kappa shape index (κ1) is 19.5. The van der Waals surface area contributed by atoms with Gasteiger partial charge in [0.2, 0.25) is 0 Å². The molecule has 1 aromatic carbocycles. The van der Waals surface area contributed by atoms with E-state index in [2.05, 4.69) is 5.32 Å². The molecule has 0 spiro atoms. The highest BCUT2D eigenvalue weighted by atomic mass is 16.5. The first-order valence-electron chi connectivity index (χ1n) is 7.88. The molecule has 0 unspecified atom stereocenters. The molecule has 132 valence electrons. The molecule has 1 amide bonds. The molecule has 0 aliphatic heterocycles. The van der Waals surface area contributed by atoms with E-state index in [4.69, 9.17) is 9.47 Å². The topological polar surface area (TPSA) is 84.9 Å². The molecule has 0 heterocycles. The van der Waals surface area contributed by atoms with E-state index in [0.29, 0.717) is 17.9 Å². The van der Waals surface area contributed by atoms with E-state index in [9.17, 15) is 14.7 Å². The molecule has 2 atom stereocenters. The van der Waals surface area contributed by atoms with Crippen LogP contribution >= 0.6 is 0 Å². The van der Waals surface area contributed by atoms with Gasteiger partial charge in [0.15, 0.2) is 18.1 Å². The van der Waals surface area contributed by atoms with Gasteiger partial charge in [0, 0.05) is 0 Å². The second-order valence-corrected chi connectivity index (χ2v) is 5.47. The summed E-state index contributed by atoms with van der Waals surface area (Å²) in [4.78, 5) is 23.2. The average molecular weight is 335 g/mol. The third-order valence-electron chi connectivity index (χ3n) is 3.70. The number of nitrogens with one attached hydrogen (secondary N) is 1. The molecule has 24 heavy (non-hydrogen) atoms. The average Bonchev–Trinajstić information content (AvgIpc) is 2.57. The van der Waals surface area contributed by atoms with Crippen LogP contribution < -0.4 is 14.8 Å². The van der Waals surface area contributed by atoms with Gasteiger partial charge in [-0.1, -0.05) is 38.5 Å². The SMILES string of the molecule is C/C=C/c1ccc(OCC(=O)N[C@H](C(=O)O)[C@@H](C)CC)c(OC)c1. The minimum atomic E-state index is -1.05. The number of amides is 1. The van der Waals surface area contributed by atoms with Gasteiger partial charge in [-0.05, 0) is 30.5 Å². The highest BCUT2D eigenvalue weighted by molar-refractivity contribution is 5.84. The zero-order chi connectivity index (χ0) is 18.1. The number of carbonyl (C=O) groups excluding carboxylic acids is 1. The van der Waals surface area contributed by atoms with Crippen molar-refractivity contribution in [3.05, 3.63) is 29.8 Å². The normalized spacial score (nSPS) is 13.3. The van der Waals surface area contributed by atoms with E-state index in [1.165, 1.54) is 7.11 Å². The van der Waals surface area contributed by atoms with Crippen LogP contribution in [0.3, 0.4) is 0 Å². The predicted octanol–water partition coefficient (Wildman–Crippen LogP) is 2.72. The van der Waals surface area contributed by atoms with E-state index in [0.717, 1.165) is 5.56 Å². The van der Waals surface area contributed by atoms with Crippen LogP contribution in [-0.4, -0.2) is 36.7 Å². The van der Waals surface area contributed by atoms with Crippen LogP contribution in [0.1, 0.15) is 32.8 Å². The number of benzene rings is 1. The van der Waals surface area contributed by atoms with Crippen molar-refractivity contribution in [2.45, 2.75) is 33.2 Å². The summed E-state index contributed by atoms with van der Waals surface area (Å²) in [6, 6.07) is 4.43. The molecule has 6 heteroatoms. The zero-order valence-corrected chi connectivity index (χ0v) is 14.5. The fourth-order valence-electron chi connectivity index (χ4n) is 2.14. The summed E-state index contributed by atoms with van der Waals surface area (Å²) in [5, 5.41) is 11.7. The van der Waals surface area contributed by atoms with Gasteiger partial charge in [-0.15, -0.1) is 0 Å². The maximum absolute atomic E-state index is 12.0. The molecule has 2 N–H and O–H groups in total. The number of rotatable bonds is 9. The van der Waals surface area contributed by atoms with Crippen molar-refractivity contribution in [3.63, 3.8) is 0 Å². The van der Waals surface area contributed by atoms with Crippen LogP contribution in [0.15, 0.2) is 24.3 Å². The molecule has 0 bridgehead atoms. The Morgan fingerprint density at radius 3 is 2.58 bits per heavy atom. The largest absolute Gasteiger partial charge is 0.493 e.